The SMILES string of the molecule is C=CCOC(=O)C1=C(C)[C@@H](CCO)[C@@H]2[C@@H]([C@@H](C)O)C(=O)N12. The molecule has 0 aromatic heterocycles. The Labute approximate surface area is 123 Å². The first-order valence-corrected chi connectivity index (χ1v) is 7.06. The van der Waals surface area contributed by atoms with Crippen molar-refractivity contribution in [3.8, 4) is 0 Å². The summed E-state index contributed by atoms with van der Waals surface area (Å²) in [6.45, 7) is 6.86. The van der Waals surface area contributed by atoms with Gasteiger partial charge in [-0.05, 0) is 25.8 Å². The third-order valence-corrected chi connectivity index (χ3v) is 4.26. The Morgan fingerprint density at radius 3 is 2.76 bits per heavy atom. The lowest BCUT2D eigenvalue weighted by molar-refractivity contribution is -0.164. The van der Waals surface area contributed by atoms with Gasteiger partial charge < -0.3 is 19.8 Å². The van der Waals surface area contributed by atoms with Gasteiger partial charge in [0.1, 0.15) is 12.3 Å². The van der Waals surface area contributed by atoms with E-state index in [4.69, 9.17) is 4.74 Å². The molecule has 6 heteroatoms. The van der Waals surface area contributed by atoms with E-state index >= 15 is 0 Å². The van der Waals surface area contributed by atoms with E-state index in [-0.39, 0.29) is 36.8 Å². The minimum absolute atomic E-state index is 0.0396. The summed E-state index contributed by atoms with van der Waals surface area (Å²) in [6.07, 6.45) is 1.13. The molecule has 0 spiro atoms. The van der Waals surface area contributed by atoms with Crippen LogP contribution in [0, 0.1) is 11.8 Å². The van der Waals surface area contributed by atoms with E-state index in [1.54, 1.807) is 13.8 Å². The van der Waals surface area contributed by atoms with Crippen molar-refractivity contribution in [1.82, 2.24) is 4.90 Å². The van der Waals surface area contributed by atoms with Gasteiger partial charge >= 0.3 is 5.97 Å². The van der Waals surface area contributed by atoms with Crippen LogP contribution < -0.4 is 0 Å². The van der Waals surface area contributed by atoms with Crippen LogP contribution >= 0.6 is 0 Å². The van der Waals surface area contributed by atoms with E-state index in [1.165, 1.54) is 11.0 Å². The van der Waals surface area contributed by atoms with E-state index < -0.39 is 18.0 Å². The van der Waals surface area contributed by atoms with Gasteiger partial charge in [0, 0.05) is 12.5 Å². The number of nitrogens with zero attached hydrogens (tertiary/aromatic N) is 1. The van der Waals surface area contributed by atoms with Gasteiger partial charge in [-0.1, -0.05) is 12.7 Å². The number of ether oxygens (including phenoxy) is 1. The summed E-state index contributed by atoms with van der Waals surface area (Å²) in [4.78, 5) is 25.8. The summed E-state index contributed by atoms with van der Waals surface area (Å²) in [5, 5.41) is 19.0. The maximum Gasteiger partial charge on any atom is 0.355 e. The van der Waals surface area contributed by atoms with Gasteiger partial charge in [-0.15, -0.1) is 0 Å². The van der Waals surface area contributed by atoms with E-state index in [0.717, 1.165) is 5.57 Å². The maximum absolute atomic E-state index is 12.2. The second kappa shape index (κ2) is 5.99. The molecule has 0 saturated carbocycles. The lowest BCUT2D eigenvalue weighted by Gasteiger charge is -2.47. The van der Waals surface area contributed by atoms with Crippen molar-refractivity contribution in [2.45, 2.75) is 32.4 Å². The highest BCUT2D eigenvalue weighted by Gasteiger charge is 2.60. The van der Waals surface area contributed by atoms with Crippen molar-refractivity contribution in [1.29, 1.82) is 0 Å². The lowest BCUT2D eigenvalue weighted by Crippen LogP contribution is -2.64. The van der Waals surface area contributed by atoms with Crippen molar-refractivity contribution < 1.29 is 24.5 Å². The molecule has 1 amide bonds. The van der Waals surface area contributed by atoms with Gasteiger partial charge in [0.25, 0.3) is 0 Å². The zero-order chi connectivity index (χ0) is 15.7. The van der Waals surface area contributed by atoms with Crippen molar-refractivity contribution >= 4 is 11.9 Å². The molecule has 1 saturated heterocycles. The quantitative estimate of drug-likeness (QED) is 0.415. The van der Waals surface area contributed by atoms with Crippen LogP contribution in [0.3, 0.4) is 0 Å². The van der Waals surface area contributed by atoms with Gasteiger partial charge in [-0.3, -0.25) is 4.79 Å². The van der Waals surface area contributed by atoms with Crippen molar-refractivity contribution in [3.63, 3.8) is 0 Å². The van der Waals surface area contributed by atoms with E-state index in [2.05, 4.69) is 6.58 Å². The average molecular weight is 295 g/mol. The summed E-state index contributed by atoms with van der Waals surface area (Å²) in [5.74, 6) is -1.48. The second-order valence-corrected chi connectivity index (χ2v) is 5.50. The summed E-state index contributed by atoms with van der Waals surface area (Å²) in [6, 6.07) is -0.268. The van der Waals surface area contributed by atoms with Gasteiger partial charge in [0.05, 0.1) is 18.1 Å². The number of esters is 1. The number of hydrogen-bond donors (Lipinski definition) is 2. The molecule has 0 radical (unpaired) electrons. The molecule has 6 nitrogen and oxygen atoms in total. The fraction of sp³-hybridized carbons (Fsp3) is 0.600. The van der Waals surface area contributed by atoms with Crippen LogP contribution in [-0.4, -0.2) is 52.3 Å². The third-order valence-electron chi connectivity index (χ3n) is 4.26. The predicted octanol–water partition coefficient (Wildman–Crippen LogP) is 0.210. The molecular formula is C15H21NO5. The summed E-state index contributed by atoms with van der Waals surface area (Å²) < 4.78 is 5.03. The van der Waals surface area contributed by atoms with Crippen molar-refractivity contribution in [2.75, 3.05) is 13.2 Å². The topological polar surface area (TPSA) is 87.1 Å². The van der Waals surface area contributed by atoms with Crippen LogP contribution in [0.25, 0.3) is 0 Å². The van der Waals surface area contributed by atoms with Crippen LogP contribution in [0.2, 0.25) is 0 Å². The number of fused-ring (bicyclic) bond motifs is 1. The maximum atomic E-state index is 12.2. The highest BCUT2D eigenvalue weighted by molar-refractivity contribution is 6.00. The zero-order valence-corrected chi connectivity index (χ0v) is 12.3. The van der Waals surface area contributed by atoms with Crippen LogP contribution in [0.5, 0.6) is 0 Å². The first-order valence-electron chi connectivity index (χ1n) is 7.06. The fourth-order valence-corrected chi connectivity index (χ4v) is 3.32. The van der Waals surface area contributed by atoms with Gasteiger partial charge in [0.2, 0.25) is 5.91 Å². The molecule has 2 N–H and O–H groups in total. The Bertz CT molecular complexity index is 496. The minimum atomic E-state index is -0.781. The number of hydrogen-bond acceptors (Lipinski definition) is 5. The summed E-state index contributed by atoms with van der Waals surface area (Å²) >= 11 is 0. The second-order valence-electron chi connectivity index (χ2n) is 5.50. The first-order chi connectivity index (χ1) is 9.95. The number of carbonyl (C=O) groups is 2. The van der Waals surface area contributed by atoms with Crippen LogP contribution in [0.15, 0.2) is 23.9 Å². The molecule has 2 rings (SSSR count). The Morgan fingerprint density at radius 2 is 2.24 bits per heavy atom. The zero-order valence-electron chi connectivity index (χ0n) is 12.3. The van der Waals surface area contributed by atoms with Crippen LogP contribution in [-0.2, 0) is 14.3 Å². The summed E-state index contributed by atoms with van der Waals surface area (Å²) in [7, 11) is 0. The van der Waals surface area contributed by atoms with Crippen LogP contribution in [0.1, 0.15) is 20.3 Å². The summed E-state index contributed by atoms with van der Waals surface area (Å²) in [5.41, 5.74) is 0.988. The minimum Gasteiger partial charge on any atom is -0.457 e. The lowest BCUT2D eigenvalue weighted by atomic mass is 9.76. The molecule has 1 fully saturated rings. The highest BCUT2D eigenvalue weighted by Crippen LogP contribution is 2.48. The van der Waals surface area contributed by atoms with Crippen molar-refractivity contribution in [2.24, 2.45) is 11.8 Å². The Hall–Kier alpha value is -1.66. The number of aliphatic hydroxyl groups is 2. The van der Waals surface area contributed by atoms with Crippen molar-refractivity contribution in [3.05, 3.63) is 23.9 Å². The average Bonchev–Trinajstić information content (AvgIpc) is 2.66. The third kappa shape index (κ3) is 2.38. The van der Waals surface area contributed by atoms with E-state index in [9.17, 15) is 19.8 Å². The molecule has 21 heavy (non-hydrogen) atoms. The molecule has 0 unspecified atom stereocenters. The highest BCUT2D eigenvalue weighted by atomic mass is 16.5. The molecule has 2 aliphatic rings. The molecule has 2 heterocycles. The molecule has 0 bridgehead atoms. The number of β-lactam (4-membered cyclic amide) rings is 1. The Kier molecular flexibility index (Phi) is 4.49. The molecule has 0 aliphatic carbocycles. The number of amides is 1. The molecule has 0 aromatic rings. The Morgan fingerprint density at radius 1 is 1.57 bits per heavy atom. The van der Waals surface area contributed by atoms with Gasteiger partial charge in [-0.2, -0.15) is 0 Å². The van der Waals surface area contributed by atoms with E-state index in [1.807, 2.05) is 0 Å². The Balaban J connectivity index is 2.30. The fourth-order valence-electron chi connectivity index (χ4n) is 3.32. The molecule has 116 valence electrons. The largest absolute Gasteiger partial charge is 0.457 e. The van der Waals surface area contributed by atoms with Gasteiger partial charge in [0.15, 0.2) is 0 Å². The predicted molar refractivity (Wildman–Crippen MR) is 74.9 cm³/mol. The van der Waals surface area contributed by atoms with Crippen LogP contribution in [0.4, 0.5) is 0 Å². The molecule has 0 aromatic carbocycles. The van der Waals surface area contributed by atoms with E-state index in [0.29, 0.717) is 6.42 Å². The number of aliphatic hydroxyl groups excluding tert-OH is 2. The molecule has 2 aliphatic heterocycles. The first kappa shape index (κ1) is 15.7. The normalized spacial score (nSPS) is 29.0. The number of rotatable bonds is 6. The van der Waals surface area contributed by atoms with Gasteiger partial charge in [-0.25, -0.2) is 4.79 Å². The smallest absolute Gasteiger partial charge is 0.355 e. The molecular weight excluding hydrogens is 274 g/mol. The number of carbonyl (C=O) groups excluding carboxylic acids is 2. The standard InChI is InChI=1S/C15H21NO5/c1-4-7-21-15(20)12-8(2)10(5-6-17)13-11(9(3)18)14(19)16(12)13/h4,9-11,13,17-18H,1,5-7H2,2-3H3/t9-,10-,11-,13-/m1/s1. The molecule has 4 atom stereocenters. The monoisotopic (exact) mass is 295 g/mol.